The van der Waals surface area contributed by atoms with Gasteiger partial charge in [-0.3, -0.25) is 0 Å². The van der Waals surface area contributed by atoms with Crippen LogP contribution in [0.2, 0.25) is 0 Å². The van der Waals surface area contributed by atoms with Crippen LogP contribution >= 0.6 is 0 Å². The lowest BCUT2D eigenvalue weighted by Crippen LogP contribution is -2.20. The van der Waals surface area contributed by atoms with E-state index in [0.29, 0.717) is 0 Å². The summed E-state index contributed by atoms with van der Waals surface area (Å²) in [4.78, 5) is 2.26. The predicted octanol–water partition coefficient (Wildman–Crippen LogP) is 5.36. The topological polar surface area (TPSA) is 3.24 Å². The van der Waals surface area contributed by atoms with Crippen LogP contribution in [0.25, 0.3) is 21.5 Å². The van der Waals surface area contributed by atoms with Crippen LogP contribution in [0, 0.1) is 0 Å². The van der Waals surface area contributed by atoms with Crippen molar-refractivity contribution in [3.63, 3.8) is 0 Å². The van der Waals surface area contributed by atoms with Crippen molar-refractivity contribution in [1.29, 1.82) is 0 Å². The molecule has 0 heterocycles. The summed E-state index contributed by atoms with van der Waals surface area (Å²) in [5.74, 6) is 0. The molecule has 1 heteroatoms. The molecule has 3 rings (SSSR count). The van der Waals surface area contributed by atoms with Crippen molar-refractivity contribution >= 4 is 27.2 Å². The monoisotopic (exact) mass is 277 g/mol. The molecule has 0 unspecified atom stereocenters. The van der Waals surface area contributed by atoms with Crippen LogP contribution < -0.4 is 4.90 Å². The number of hydrogen-bond acceptors (Lipinski definition) is 1. The quantitative estimate of drug-likeness (QED) is 0.541. The van der Waals surface area contributed by atoms with Crippen LogP contribution in [0.5, 0.6) is 0 Å². The third-order valence-corrected chi connectivity index (χ3v) is 4.10. The summed E-state index contributed by atoms with van der Waals surface area (Å²) in [6.07, 6.45) is 0. The van der Waals surface area contributed by atoms with Crippen molar-refractivity contribution in [2.24, 2.45) is 0 Å². The molecule has 0 amide bonds. The van der Waals surface area contributed by atoms with Gasteiger partial charge >= 0.3 is 0 Å². The molecule has 108 valence electrons. The first kappa shape index (κ1) is 13.9. The lowest BCUT2D eigenvalue weighted by atomic mass is 9.80. The molecular formula is C20H23N. The predicted molar refractivity (Wildman–Crippen MR) is 94.5 cm³/mol. The second-order valence-corrected chi connectivity index (χ2v) is 6.96. The highest BCUT2D eigenvalue weighted by atomic mass is 15.1. The maximum Gasteiger partial charge on any atom is 0.0485 e. The third kappa shape index (κ3) is 2.17. The molecule has 0 saturated carbocycles. The molecule has 1 nitrogen and oxygen atoms in total. The van der Waals surface area contributed by atoms with E-state index < -0.39 is 0 Å². The largest absolute Gasteiger partial charge is 0.377 e. The Kier molecular flexibility index (Phi) is 3.16. The van der Waals surface area contributed by atoms with Crippen LogP contribution in [0.3, 0.4) is 0 Å². The summed E-state index contributed by atoms with van der Waals surface area (Å²) in [5, 5.41) is 5.40. The molecule has 0 aliphatic carbocycles. The number of benzene rings is 3. The third-order valence-electron chi connectivity index (χ3n) is 4.10. The van der Waals surface area contributed by atoms with E-state index in [2.05, 4.69) is 88.3 Å². The molecule has 0 radical (unpaired) electrons. The van der Waals surface area contributed by atoms with Crippen molar-refractivity contribution in [2.45, 2.75) is 26.2 Å². The van der Waals surface area contributed by atoms with Gasteiger partial charge in [0.05, 0.1) is 0 Å². The highest BCUT2D eigenvalue weighted by molar-refractivity contribution is 6.15. The molecule has 3 aromatic rings. The highest BCUT2D eigenvalue weighted by Gasteiger charge is 2.24. The van der Waals surface area contributed by atoms with E-state index in [0.717, 1.165) is 0 Å². The SMILES string of the molecule is CN(C)c1c(C(C)(C)C)c2ccccc2c2ccccc12. The number of nitrogens with zero attached hydrogens (tertiary/aromatic N) is 1. The zero-order chi connectivity index (χ0) is 15.2. The maximum absolute atomic E-state index is 2.30. The number of fused-ring (bicyclic) bond motifs is 3. The van der Waals surface area contributed by atoms with E-state index in [-0.39, 0.29) is 5.41 Å². The molecule has 0 atom stereocenters. The maximum atomic E-state index is 2.30. The molecule has 0 aromatic heterocycles. The van der Waals surface area contributed by atoms with Gasteiger partial charge in [0.25, 0.3) is 0 Å². The van der Waals surface area contributed by atoms with Crippen LogP contribution in [-0.2, 0) is 5.41 Å². The molecule has 0 fully saturated rings. The number of rotatable bonds is 1. The van der Waals surface area contributed by atoms with Gasteiger partial charge < -0.3 is 4.90 Å². The molecule has 0 spiro atoms. The number of hydrogen-bond donors (Lipinski definition) is 0. The molecule has 3 aromatic carbocycles. The highest BCUT2D eigenvalue weighted by Crippen LogP contribution is 2.43. The normalized spacial score (nSPS) is 12.0. The Bertz CT molecular complexity index is 807. The Morgan fingerprint density at radius 1 is 0.667 bits per heavy atom. The van der Waals surface area contributed by atoms with Crippen molar-refractivity contribution in [3.05, 3.63) is 54.1 Å². The fraction of sp³-hybridized carbons (Fsp3) is 0.300. The Balaban J connectivity index is 2.65. The molecule has 0 bridgehead atoms. The molecular weight excluding hydrogens is 254 g/mol. The van der Waals surface area contributed by atoms with Gasteiger partial charge in [0.1, 0.15) is 0 Å². The minimum absolute atomic E-state index is 0.100. The fourth-order valence-electron chi connectivity index (χ4n) is 3.35. The Labute approximate surface area is 127 Å². The smallest absolute Gasteiger partial charge is 0.0485 e. The first-order valence-corrected chi connectivity index (χ1v) is 7.52. The minimum atomic E-state index is 0.100. The lowest BCUT2D eigenvalue weighted by Gasteiger charge is -2.30. The summed E-state index contributed by atoms with van der Waals surface area (Å²) >= 11 is 0. The summed E-state index contributed by atoms with van der Waals surface area (Å²) in [6.45, 7) is 6.91. The lowest BCUT2D eigenvalue weighted by molar-refractivity contribution is 0.596. The second kappa shape index (κ2) is 4.77. The van der Waals surface area contributed by atoms with Gasteiger partial charge in [0, 0.05) is 25.2 Å². The van der Waals surface area contributed by atoms with Gasteiger partial charge in [-0.05, 0) is 27.1 Å². The van der Waals surface area contributed by atoms with E-state index in [1.54, 1.807) is 0 Å². The van der Waals surface area contributed by atoms with Crippen LogP contribution in [-0.4, -0.2) is 14.1 Å². The van der Waals surface area contributed by atoms with E-state index in [9.17, 15) is 0 Å². The second-order valence-electron chi connectivity index (χ2n) is 6.96. The van der Waals surface area contributed by atoms with E-state index in [1.807, 2.05) is 0 Å². The molecule has 0 aliphatic rings. The average Bonchev–Trinajstić information content (AvgIpc) is 2.44. The van der Waals surface area contributed by atoms with E-state index in [1.165, 1.54) is 32.8 Å². The summed E-state index contributed by atoms with van der Waals surface area (Å²) < 4.78 is 0. The average molecular weight is 277 g/mol. The molecule has 0 N–H and O–H groups in total. The van der Waals surface area contributed by atoms with Crippen molar-refractivity contribution < 1.29 is 0 Å². The van der Waals surface area contributed by atoms with Gasteiger partial charge in [0.2, 0.25) is 0 Å². The van der Waals surface area contributed by atoms with Gasteiger partial charge in [-0.15, -0.1) is 0 Å². The van der Waals surface area contributed by atoms with Crippen LogP contribution in [0.1, 0.15) is 26.3 Å². The standard InChI is InChI=1S/C20H23N/c1-20(2,3)18-16-12-8-6-10-14(16)15-11-7-9-13-17(15)19(18)21(4)5/h6-13H,1-5H3. The Hall–Kier alpha value is -2.02. The molecule has 0 aliphatic heterocycles. The first-order valence-electron chi connectivity index (χ1n) is 7.52. The zero-order valence-electron chi connectivity index (χ0n) is 13.6. The van der Waals surface area contributed by atoms with Crippen LogP contribution in [0.15, 0.2) is 48.5 Å². The molecule has 21 heavy (non-hydrogen) atoms. The Morgan fingerprint density at radius 3 is 1.57 bits per heavy atom. The number of anilines is 1. The first-order chi connectivity index (χ1) is 9.91. The fourth-order valence-corrected chi connectivity index (χ4v) is 3.35. The summed E-state index contributed by atoms with van der Waals surface area (Å²) in [6, 6.07) is 17.5. The van der Waals surface area contributed by atoms with Gasteiger partial charge in [-0.1, -0.05) is 69.3 Å². The van der Waals surface area contributed by atoms with Crippen molar-refractivity contribution in [1.82, 2.24) is 0 Å². The van der Waals surface area contributed by atoms with Crippen molar-refractivity contribution in [2.75, 3.05) is 19.0 Å². The zero-order valence-corrected chi connectivity index (χ0v) is 13.6. The van der Waals surface area contributed by atoms with Crippen LogP contribution in [0.4, 0.5) is 5.69 Å². The van der Waals surface area contributed by atoms with Gasteiger partial charge in [-0.2, -0.15) is 0 Å². The summed E-state index contributed by atoms with van der Waals surface area (Å²) in [5.41, 5.74) is 2.88. The van der Waals surface area contributed by atoms with E-state index in [4.69, 9.17) is 0 Å². The Morgan fingerprint density at radius 2 is 1.10 bits per heavy atom. The van der Waals surface area contributed by atoms with Gasteiger partial charge in [0.15, 0.2) is 0 Å². The van der Waals surface area contributed by atoms with Gasteiger partial charge in [-0.25, -0.2) is 0 Å². The van der Waals surface area contributed by atoms with E-state index >= 15 is 0 Å². The van der Waals surface area contributed by atoms with Crippen molar-refractivity contribution in [3.8, 4) is 0 Å². The molecule has 0 saturated heterocycles. The minimum Gasteiger partial charge on any atom is -0.377 e. The summed E-state index contributed by atoms with van der Waals surface area (Å²) in [7, 11) is 4.29.